The number of nitrogens with two attached hydrogens (primary N) is 1. The van der Waals surface area contributed by atoms with E-state index < -0.39 is 10.0 Å². The van der Waals surface area contributed by atoms with E-state index in [0.29, 0.717) is 18.0 Å². The SMILES string of the molecule is CSCCCCNS(=O)(=O)CCSc1cccc(N)c1. The second-order valence-corrected chi connectivity index (χ2v) is 8.41. The number of nitrogen functional groups attached to an aromatic ring is 1. The van der Waals surface area contributed by atoms with Crippen LogP contribution in [0, 0.1) is 0 Å². The fourth-order valence-corrected chi connectivity index (χ4v) is 4.48. The zero-order chi connectivity index (χ0) is 14.8. The monoisotopic (exact) mass is 334 g/mol. The summed E-state index contributed by atoms with van der Waals surface area (Å²) in [5.74, 6) is 1.74. The summed E-state index contributed by atoms with van der Waals surface area (Å²) < 4.78 is 26.2. The van der Waals surface area contributed by atoms with Gasteiger partial charge in [0.05, 0.1) is 5.75 Å². The number of sulfonamides is 1. The molecule has 1 rings (SSSR count). The number of thioether (sulfide) groups is 2. The van der Waals surface area contributed by atoms with Crippen molar-refractivity contribution in [2.75, 3.05) is 35.8 Å². The molecule has 4 nitrogen and oxygen atoms in total. The molecule has 1 aromatic rings. The van der Waals surface area contributed by atoms with Crippen LogP contribution in [0.1, 0.15) is 12.8 Å². The van der Waals surface area contributed by atoms with Crippen molar-refractivity contribution in [3.8, 4) is 0 Å². The highest BCUT2D eigenvalue weighted by molar-refractivity contribution is 8.00. The third-order valence-corrected chi connectivity index (χ3v) is 5.91. The summed E-state index contributed by atoms with van der Waals surface area (Å²) in [6, 6.07) is 7.48. The van der Waals surface area contributed by atoms with Gasteiger partial charge in [-0.2, -0.15) is 11.8 Å². The van der Waals surface area contributed by atoms with Gasteiger partial charge in [-0.15, -0.1) is 11.8 Å². The number of unbranched alkanes of at least 4 members (excludes halogenated alkanes) is 1. The first-order valence-corrected chi connectivity index (χ1v) is 10.5. The Morgan fingerprint density at radius 3 is 2.75 bits per heavy atom. The topological polar surface area (TPSA) is 72.2 Å². The van der Waals surface area contributed by atoms with Gasteiger partial charge >= 0.3 is 0 Å². The van der Waals surface area contributed by atoms with Crippen molar-refractivity contribution in [1.82, 2.24) is 4.72 Å². The average Bonchev–Trinajstić information content (AvgIpc) is 2.38. The van der Waals surface area contributed by atoms with Crippen LogP contribution in [-0.4, -0.2) is 38.5 Å². The summed E-state index contributed by atoms with van der Waals surface area (Å²) in [6.07, 6.45) is 3.99. The molecule has 20 heavy (non-hydrogen) atoms. The molecule has 0 fully saturated rings. The molecule has 0 aliphatic rings. The van der Waals surface area contributed by atoms with Crippen LogP contribution in [0.2, 0.25) is 0 Å². The third-order valence-electron chi connectivity index (χ3n) is 2.58. The van der Waals surface area contributed by atoms with Crippen LogP contribution in [0.4, 0.5) is 5.69 Å². The number of nitrogens with one attached hydrogen (secondary N) is 1. The van der Waals surface area contributed by atoms with Gasteiger partial charge in [0.15, 0.2) is 0 Å². The van der Waals surface area contributed by atoms with E-state index >= 15 is 0 Å². The lowest BCUT2D eigenvalue weighted by Gasteiger charge is -2.06. The minimum absolute atomic E-state index is 0.134. The fourth-order valence-electron chi connectivity index (χ4n) is 1.54. The normalized spacial score (nSPS) is 11.7. The first-order chi connectivity index (χ1) is 9.53. The van der Waals surface area contributed by atoms with Crippen molar-refractivity contribution in [3.63, 3.8) is 0 Å². The molecule has 0 unspecified atom stereocenters. The van der Waals surface area contributed by atoms with E-state index in [1.807, 2.05) is 24.3 Å². The van der Waals surface area contributed by atoms with E-state index in [0.717, 1.165) is 23.5 Å². The maximum absolute atomic E-state index is 11.8. The van der Waals surface area contributed by atoms with Crippen LogP contribution in [0.25, 0.3) is 0 Å². The summed E-state index contributed by atoms with van der Waals surface area (Å²) in [5.41, 5.74) is 6.37. The quantitative estimate of drug-likeness (QED) is 0.390. The van der Waals surface area contributed by atoms with E-state index in [4.69, 9.17) is 5.73 Å². The van der Waals surface area contributed by atoms with Crippen LogP contribution >= 0.6 is 23.5 Å². The van der Waals surface area contributed by atoms with Gasteiger partial charge < -0.3 is 5.73 Å². The van der Waals surface area contributed by atoms with Gasteiger partial charge in [-0.3, -0.25) is 0 Å². The van der Waals surface area contributed by atoms with E-state index in [9.17, 15) is 8.42 Å². The average molecular weight is 335 g/mol. The van der Waals surface area contributed by atoms with Crippen molar-refractivity contribution in [1.29, 1.82) is 0 Å². The Hall–Kier alpha value is -0.370. The minimum atomic E-state index is -3.16. The van der Waals surface area contributed by atoms with Gasteiger partial charge in [0.1, 0.15) is 0 Å². The lowest BCUT2D eigenvalue weighted by Crippen LogP contribution is -2.28. The number of hydrogen-bond donors (Lipinski definition) is 2. The van der Waals surface area contributed by atoms with Crippen molar-refractivity contribution in [2.45, 2.75) is 17.7 Å². The Balaban J connectivity index is 2.22. The molecule has 0 aliphatic carbocycles. The molecule has 3 N–H and O–H groups in total. The summed E-state index contributed by atoms with van der Waals surface area (Å²) in [5, 5.41) is 0. The molecule has 0 atom stereocenters. The van der Waals surface area contributed by atoms with Crippen molar-refractivity contribution in [3.05, 3.63) is 24.3 Å². The number of hydrogen-bond acceptors (Lipinski definition) is 5. The molecule has 0 heterocycles. The molecule has 0 bridgehead atoms. The zero-order valence-electron chi connectivity index (χ0n) is 11.7. The molecule has 0 aromatic heterocycles. The van der Waals surface area contributed by atoms with Crippen molar-refractivity contribution in [2.24, 2.45) is 0 Å². The van der Waals surface area contributed by atoms with Gasteiger partial charge in [-0.05, 0) is 43.0 Å². The predicted molar refractivity (Wildman–Crippen MR) is 91.0 cm³/mol. The second kappa shape index (κ2) is 9.55. The van der Waals surface area contributed by atoms with E-state index in [-0.39, 0.29) is 5.75 Å². The first kappa shape index (κ1) is 17.7. The molecule has 114 valence electrons. The molecule has 0 aliphatic heterocycles. The molecular formula is C13H22N2O2S3. The standard InChI is InChI=1S/C13H22N2O2S3/c1-18-8-3-2-7-15-20(16,17)10-9-19-13-6-4-5-12(14)11-13/h4-6,11,15H,2-3,7-10,14H2,1H3. The van der Waals surface area contributed by atoms with Gasteiger partial charge in [0, 0.05) is 22.9 Å². The fraction of sp³-hybridized carbons (Fsp3) is 0.538. The van der Waals surface area contributed by atoms with Gasteiger partial charge in [-0.1, -0.05) is 6.07 Å². The van der Waals surface area contributed by atoms with Gasteiger partial charge in [0.2, 0.25) is 10.0 Å². The van der Waals surface area contributed by atoms with Gasteiger partial charge in [0.25, 0.3) is 0 Å². The van der Waals surface area contributed by atoms with Crippen molar-refractivity contribution >= 4 is 39.2 Å². The Labute approximate surface area is 130 Å². The Kier molecular flexibility index (Phi) is 8.44. The Morgan fingerprint density at radius 2 is 2.05 bits per heavy atom. The summed E-state index contributed by atoms with van der Waals surface area (Å²) in [4.78, 5) is 1.00. The highest BCUT2D eigenvalue weighted by Gasteiger charge is 2.09. The molecule has 0 saturated heterocycles. The lowest BCUT2D eigenvalue weighted by atomic mass is 10.3. The summed E-state index contributed by atoms with van der Waals surface area (Å²) >= 11 is 3.29. The number of benzene rings is 1. The molecule has 7 heteroatoms. The largest absolute Gasteiger partial charge is 0.399 e. The predicted octanol–water partition coefficient (Wildman–Crippen LogP) is 2.42. The second-order valence-electron chi connectivity index (χ2n) is 4.33. The maximum Gasteiger partial charge on any atom is 0.212 e. The van der Waals surface area contributed by atoms with E-state index in [1.165, 1.54) is 11.8 Å². The highest BCUT2D eigenvalue weighted by atomic mass is 32.2. The Bertz CT molecular complexity index is 492. The zero-order valence-corrected chi connectivity index (χ0v) is 14.1. The first-order valence-electron chi connectivity index (χ1n) is 6.48. The van der Waals surface area contributed by atoms with E-state index in [1.54, 1.807) is 11.8 Å². The summed E-state index contributed by atoms with van der Waals surface area (Å²) in [6.45, 7) is 0.534. The molecular weight excluding hydrogens is 312 g/mol. The molecule has 1 aromatic carbocycles. The number of rotatable bonds is 10. The summed E-state index contributed by atoms with van der Waals surface area (Å²) in [7, 11) is -3.16. The molecule has 0 radical (unpaired) electrons. The van der Waals surface area contributed by atoms with Crippen LogP contribution < -0.4 is 10.5 Å². The Morgan fingerprint density at radius 1 is 1.25 bits per heavy atom. The molecule has 0 amide bonds. The van der Waals surface area contributed by atoms with Gasteiger partial charge in [-0.25, -0.2) is 13.1 Å². The number of anilines is 1. The van der Waals surface area contributed by atoms with Crippen LogP contribution in [0.15, 0.2) is 29.2 Å². The van der Waals surface area contributed by atoms with Crippen LogP contribution in [0.3, 0.4) is 0 Å². The third kappa shape index (κ3) is 8.04. The van der Waals surface area contributed by atoms with Crippen LogP contribution in [-0.2, 0) is 10.0 Å². The van der Waals surface area contributed by atoms with Crippen LogP contribution in [0.5, 0.6) is 0 Å². The maximum atomic E-state index is 11.8. The minimum Gasteiger partial charge on any atom is -0.399 e. The molecule has 0 saturated carbocycles. The smallest absolute Gasteiger partial charge is 0.212 e. The van der Waals surface area contributed by atoms with Crippen molar-refractivity contribution < 1.29 is 8.42 Å². The van der Waals surface area contributed by atoms with E-state index in [2.05, 4.69) is 11.0 Å². The lowest BCUT2D eigenvalue weighted by molar-refractivity contribution is 0.580. The molecule has 0 spiro atoms. The highest BCUT2D eigenvalue weighted by Crippen LogP contribution is 2.20.